The van der Waals surface area contributed by atoms with E-state index in [1.165, 1.54) is 283 Å². The number of nitrogens with zero attached hydrogens (tertiary/aromatic N) is 4. The Kier molecular flexibility index (Phi) is 75.2. The van der Waals surface area contributed by atoms with E-state index in [0.29, 0.717) is 38.3 Å². The van der Waals surface area contributed by atoms with Crippen molar-refractivity contribution in [3.63, 3.8) is 0 Å². The van der Waals surface area contributed by atoms with Gasteiger partial charge < -0.3 is 20.4 Å². The van der Waals surface area contributed by atoms with Gasteiger partial charge in [-0.25, -0.2) is 0 Å². The van der Waals surface area contributed by atoms with E-state index in [2.05, 4.69) is 110 Å². The third-order valence-electron chi connectivity index (χ3n) is 20.4. The van der Waals surface area contributed by atoms with Gasteiger partial charge in [0, 0.05) is 101 Å². The zero-order valence-electron chi connectivity index (χ0n) is 66.0. The smallest absolute Gasteiger partial charge is 0.0667 e. The summed E-state index contributed by atoms with van der Waals surface area (Å²) in [5.41, 5.74) is 0. The molecule has 6 atom stereocenters. The standard InChI is InChI=1S/C86H168N4O4S4/c1-7-11-15-19-23-27-31-35-39-43-47-51-55-59-63-83(91)77-87(78-84(92)64-60-56-52-48-44-40-36-32-28-24-20-16-12-8-2)67-71-95-97-73-69-89-75-82(6)90(76-81(89)5)70-74-98-96-72-68-88(79-85(93)65-61-57-53-49-45-41-37-33-29-25-21-17-13-9-3)80-86(94)66-62-58-54-50-46-42-38-34-30-26-22-18-14-10-4/h35-42,81-86,91-94H,7-34,43-80H2,1-6H3/b39-35-,40-36-,41-37-,42-38-. The maximum Gasteiger partial charge on any atom is 0.0667 e. The highest BCUT2D eigenvalue weighted by Crippen LogP contribution is 2.27. The molecule has 0 radical (unpaired) electrons. The van der Waals surface area contributed by atoms with Crippen molar-refractivity contribution in [1.82, 2.24) is 19.6 Å². The summed E-state index contributed by atoms with van der Waals surface area (Å²) >= 11 is 0. The second-order valence-corrected chi connectivity index (χ2v) is 35.6. The van der Waals surface area contributed by atoms with Crippen LogP contribution >= 0.6 is 43.2 Å². The van der Waals surface area contributed by atoms with Gasteiger partial charge in [-0.15, -0.1) is 0 Å². The molecule has 1 rings (SSSR count). The van der Waals surface area contributed by atoms with Crippen molar-refractivity contribution in [2.75, 3.05) is 88.5 Å². The molecule has 1 saturated heterocycles. The van der Waals surface area contributed by atoms with Crippen LogP contribution in [0.3, 0.4) is 0 Å². The molecular formula is C86H168N4O4S4. The fraction of sp³-hybridized carbons (Fsp3) is 0.907. The van der Waals surface area contributed by atoms with E-state index in [1.54, 1.807) is 0 Å². The minimum absolute atomic E-state index is 0.336. The SMILES string of the molecule is CCCCCCCC/C=C\CCCCCCC(O)CN(CCSSCCN1CC(C)N(CCSSCCN(CC(O)CCCCCC/C=C\CCCCCCCC)CC(O)CCCCCC/C=C\CCCCCCCC)CC1C)CC(O)CCCCCC/C=C\CCCCCCCC. The predicted octanol–water partition coefficient (Wildman–Crippen LogP) is 24.8. The quantitative estimate of drug-likeness (QED) is 0.0265. The van der Waals surface area contributed by atoms with Gasteiger partial charge in [0.2, 0.25) is 0 Å². The molecule has 8 nitrogen and oxygen atoms in total. The Morgan fingerprint density at radius 1 is 0.286 bits per heavy atom. The largest absolute Gasteiger partial charge is 0.392 e. The lowest BCUT2D eigenvalue weighted by atomic mass is 10.1. The van der Waals surface area contributed by atoms with Crippen LogP contribution in [0.5, 0.6) is 0 Å². The first-order chi connectivity index (χ1) is 48.1. The zero-order valence-corrected chi connectivity index (χ0v) is 69.2. The number of aliphatic hydroxyl groups excluding tert-OH is 4. The zero-order chi connectivity index (χ0) is 70.9. The molecule has 0 bridgehead atoms. The summed E-state index contributed by atoms with van der Waals surface area (Å²) < 4.78 is 0. The highest BCUT2D eigenvalue weighted by atomic mass is 33.1. The van der Waals surface area contributed by atoms with Crippen molar-refractivity contribution >= 4 is 43.2 Å². The first-order valence-corrected chi connectivity index (χ1v) is 47.8. The average Bonchev–Trinajstić information content (AvgIpc) is 0.867. The van der Waals surface area contributed by atoms with E-state index in [1.807, 2.05) is 43.2 Å². The van der Waals surface area contributed by atoms with Crippen LogP contribution in [0.2, 0.25) is 0 Å². The first kappa shape index (κ1) is 96.1. The Morgan fingerprint density at radius 2 is 0.480 bits per heavy atom. The summed E-state index contributed by atoms with van der Waals surface area (Å²) in [6, 6.07) is 1.08. The number of rotatable bonds is 78. The van der Waals surface area contributed by atoms with Gasteiger partial charge in [-0.05, 0) is 142 Å². The molecule has 0 aliphatic carbocycles. The van der Waals surface area contributed by atoms with Crippen LogP contribution in [0.1, 0.15) is 375 Å². The highest BCUT2D eigenvalue weighted by molar-refractivity contribution is 8.77. The topological polar surface area (TPSA) is 93.9 Å². The van der Waals surface area contributed by atoms with Crippen LogP contribution < -0.4 is 0 Å². The normalized spacial score (nSPS) is 16.5. The molecule has 6 unspecified atom stereocenters. The molecule has 0 aromatic heterocycles. The fourth-order valence-corrected chi connectivity index (χ4v) is 18.0. The molecule has 12 heteroatoms. The van der Waals surface area contributed by atoms with Crippen molar-refractivity contribution in [3.05, 3.63) is 48.6 Å². The Labute approximate surface area is 628 Å². The molecule has 4 N–H and O–H groups in total. The van der Waals surface area contributed by atoms with Crippen molar-refractivity contribution < 1.29 is 20.4 Å². The lowest BCUT2D eigenvalue weighted by Gasteiger charge is -2.44. The number of hydrogen-bond donors (Lipinski definition) is 4. The lowest BCUT2D eigenvalue weighted by molar-refractivity contribution is 0.0516. The minimum Gasteiger partial charge on any atom is -0.392 e. The maximum atomic E-state index is 11.3. The van der Waals surface area contributed by atoms with Crippen LogP contribution in [0.15, 0.2) is 48.6 Å². The van der Waals surface area contributed by atoms with Gasteiger partial charge in [0.15, 0.2) is 0 Å². The lowest BCUT2D eigenvalue weighted by Crippen LogP contribution is -2.57. The van der Waals surface area contributed by atoms with E-state index < -0.39 is 0 Å². The molecule has 1 fully saturated rings. The van der Waals surface area contributed by atoms with Crippen LogP contribution in [0.4, 0.5) is 0 Å². The number of allylic oxidation sites excluding steroid dienone is 8. The number of piperazine rings is 1. The second-order valence-electron chi connectivity index (χ2n) is 30.2. The van der Waals surface area contributed by atoms with Gasteiger partial charge in [-0.1, -0.05) is 325 Å². The van der Waals surface area contributed by atoms with Gasteiger partial charge in [0.05, 0.1) is 24.4 Å². The predicted molar refractivity (Wildman–Crippen MR) is 448 cm³/mol. The van der Waals surface area contributed by atoms with Crippen molar-refractivity contribution in [2.24, 2.45) is 0 Å². The minimum atomic E-state index is -0.336. The van der Waals surface area contributed by atoms with Crippen LogP contribution in [-0.4, -0.2) is 165 Å². The third-order valence-corrected chi connectivity index (χ3v) is 25.1. The molecule has 98 heavy (non-hydrogen) atoms. The van der Waals surface area contributed by atoms with E-state index in [-0.39, 0.29) is 24.4 Å². The monoisotopic (exact) mass is 1450 g/mol. The van der Waals surface area contributed by atoms with Gasteiger partial charge in [-0.2, -0.15) is 0 Å². The second kappa shape index (κ2) is 76.7. The fourth-order valence-electron chi connectivity index (χ4n) is 13.9. The average molecular weight is 1450 g/mol. The summed E-state index contributed by atoms with van der Waals surface area (Å²) in [6.45, 7) is 22.9. The molecule has 0 aromatic rings. The Bertz CT molecular complexity index is 1500. The third kappa shape index (κ3) is 66.7. The summed E-state index contributed by atoms with van der Waals surface area (Å²) in [5, 5.41) is 45.2. The molecule has 0 amide bonds. The Morgan fingerprint density at radius 3 is 0.704 bits per heavy atom. The van der Waals surface area contributed by atoms with E-state index in [9.17, 15) is 20.4 Å². The first-order valence-electron chi connectivity index (χ1n) is 42.9. The van der Waals surface area contributed by atoms with Crippen molar-refractivity contribution in [2.45, 2.75) is 412 Å². The Hall–Kier alpha value is 0.0400. The van der Waals surface area contributed by atoms with Gasteiger partial charge >= 0.3 is 0 Å². The molecular weight excluding hydrogens is 1280 g/mol. The van der Waals surface area contributed by atoms with Gasteiger partial charge in [0.25, 0.3) is 0 Å². The summed E-state index contributed by atoms with van der Waals surface area (Å²) in [7, 11) is 7.96. The van der Waals surface area contributed by atoms with Crippen LogP contribution in [0.25, 0.3) is 0 Å². The van der Waals surface area contributed by atoms with Gasteiger partial charge in [-0.3, -0.25) is 19.6 Å². The molecule has 1 heterocycles. The number of aliphatic hydroxyl groups is 4. The molecule has 1 aliphatic heterocycles. The highest BCUT2D eigenvalue weighted by Gasteiger charge is 2.28. The maximum absolute atomic E-state index is 11.3. The van der Waals surface area contributed by atoms with Crippen LogP contribution in [0, 0.1) is 0 Å². The van der Waals surface area contributed by atoms with E-state index in [4.69, 9.17) is 0 Å². The van der Waals surface area contributed by atoms with E-state index >= 15 is 0 Å². The number of unbranched alkanes of at least 4 members (excludes halogenated alkanes) is 40. The van der Waals surface area contributed by atoms with E-state index in [0.717, 1.165) is 114 Å². The Balaban J connectivity index is 2.56. The molecule has 0 saturated carbocycles. The van der Waals surface area contributed by atoms with Crippen molar-refractivity contribution in [3.8, 4) is 0 Å². The van der Waals surface area contributed by atoms with Crippen LogP contribution in [-0.2, 0) is 0 Å². The summed E-state index contributed by atoms with van der Waals surface area (Å²) in [4.78, 5) is 10.2. The van der Waals surface area contributed by atoms with Gasteiger partial charge in [0.1, 0.15) is 0 Å². The molecule has 580 valence electrons. The molecule has 0 spiro atoms. The summed E-state index contributed by atoms with van der Waals surface area (Å²) in [6.07, 6.45) is 82.8. The van der Waals surface area contributed by atoms with Crippen molar-refractivity contribution in [1.29, 1.82) is 0 Å². The number of hydrogen-bond acceptors (Lipinski definition) is 12. The molecule has 0 aromatic carbocycles. The summed E-state index contributed by atoms with van der Waals surface area (Å²) in [5.74, 6) is 4.25. The molecule has 1 aliphatic rings.